The number of carboxylic acid groups (broad SMARTS) is 1. The van der Waals surface area contributed by atoms with E-state index in [4.69, 9.17) is 4.74 Å². The minimum Gasteiger partial charge on any atom is -0.478 e. The van der Waals surface area contributed by atoms with Crippen molar-refractivity contribution >= 4 is 39.5 Å². The number of hydrogen-bond acceptors (Lipinski definition) is 5. The maximum absolute atomic E-state index is 13.8. The lowest BCUT2D eigenvalue weighted by atomic mass is 9.79. The fourth-order valence-electron chi connectivity index (χ4n) is 6.94. The quantitative estimate of drug-likeness (QED) is 0.420. The molecule has 1 aliphatic carbocycles. The molecule has 0 aromatic heterocycles. The Labute approximate surface area is 261 Å². The molecule has 2 aromatic carbocycles. The van der Waals surface area contributed by atoms with Gasteiger partial charge in [0.15, 0.2) is 5.60 Å². The van der Waals surface area contributed by atoms with Crippen LogP contribution in [-0.4, -0.2) is 88.6 Å². The van der Waals surface area contributed by atoms with Crippen LogP contribution in [0.25, 0.3) is 0 Å². The molecule has 1 unspecified atom stereocenters. The number of benzene rings is 2. The largest absolute Gasteiger partial charge is 0.478 e. The molecule has 3 amide bonds. The number of amides is 3. The summed E-state index contributed by atoms with van der Waals surface area (Å²) in [4.78, 5) is 46.1. The zero-order valence-corrected chi connectivity index (χ0v) is 26.6. The van der Waals surface area contributed by atoms with E-state index in [1.165, 1.54) is 4.90 Å². The van der Waals surface area contributed by atoms with Crippen LogP contribution in [0.2, 0.25) is 0 Å². The third kappa shape index (κ3) is 6.49. The van der Waals surface area contributed by atoms with Crippen LogP contribution in [0.4, 0.5) is 10.5 Å². The van der Waals surface area contributed by atoms with Crippen LogP contribution in [0, 0.1) is 11.3 Å². The van der Waals surface area contributed by atoms with Gasteiger partial charge >= 0.3 is 6.09 Å². The maximum Gasteiger partial charge on any atom is 0.407 e. The molecule has 4 fully saturated rings. The standard InChI is InChI=1S/C33H41BrN4O5/c1-32(2,30(40)36-16-14-33(20-36)21-37(22-33)31(41)42)43-28-7-3-6-27(17-28)35-15-4-5-24(19-35)29(39)38(26-12-13-26)18-23-8-10-25(34)11-9-23/h3,6-11,17,24,26H,4-5,12-16,18-22H2,1-2H3,(H,41,42). The smallest absolute Gasteiger partial charge is 0.407 e. The van der Waals surface area contributed by atoms with Gasteiger partial charge in [-0.05, 0) is 75.8 Å². The molecule has 230 valence electrons. The first-order valence-corrected chi connectivity index (χ1v) is 16.2. The molecular weight excluding hydrogens is 612 g/mol. The third-order valence-corrected chi connectivity index (χ3v) is 9.96. The van der Waals surface area contributed by atoms with Crippen molar-refractivity contribution in [3.05, 3.63) is 58.6 Å². The number of rotatable bonds is 8. The molecule has 1 atom stereocenters. The average Bonchev–Trinajstić information content (AvgIpc) is 3.71. The van der Waals surface area contributed by atoms with Crippen molar-refractivity contribution in [1.82, 2.24) is 14.7 Å². The van der Waals surface area contributed by atoms with Gasteiger partial charge in [0.2, 0.25) is 5.91 Å². The highest BCUT2D eigenvalue weighted by molar-refractivity contribution is 9.10. The van der Waals surface area contributed by atoms with Gasteiger partial charge in [-0.3, -0.25) is 9.59 Å². The Kier molecular flexibility index (Phi) is 8.08. The second-order valence-corrected chi connectivity index (χ2v) is 14.2. The molecule has 3 heterocycles. The first-order valence-electron chi connectivity index (χ1n) is 15.4. The third-order valence-electron chi connectivity index (χ3n) is 9.43. The summed E-state index contributed by atoms with van der Waals surface area (Å²) in [6.45, 7) is 7.92. The first-order chi connectivity index (χ1) is 20.5. The zero-order valence-electron chi connectivity index (χ0n) is 25.0. The van der Waals surface area contributed by atoms with Gasteiger partial charge in [-0.15, -0.1) is 0 Å². The summed E-state index contributed by atoms with van der Waals surface area (Å²) in [6.07, 6.45) is 3.89. The van der Waals surface area contributed by atoms with E-state index in [1.807, 2.05) is 41.3 Å². The molecule has 1 spiro atoms. The van der Waals surface area contributed by atoms with E-state index in [9.17, 15) is 19.5 Å². The minimum atomic E-state index is -1.07. The summed E-state index contributed by atoms with van der Waals surface area (Å²) in [7, 11) is 0. The second-order valence-electron chi connectivity index (χ2n) is 13.3. The lowest BCUT2D eigenvalue weighted by Gasteiger charge is -2.46. The van der Waals surface area contributed by atoms with E-state index in [-0.39, 0.29) is 23.1 Å². The fourth-order valence-corrected chi connectivity index (χ4v) is 7.20. The van der Waals surface area contributed by atoms with Crippen LogP contribution < -0.4 is 9.64 Å². The van der Waals surface area contributed by atoms with E-state index in [0.717, 1.165) is 54.4 Å². The van der Waals surface area contributed by atoms with E-state index in [1.54, 1.807) is 13.8 Å². The number of ether oxygens (including phenoxy) is 1. The van der Waals surface area contributed by atoms with Crippen molar-refractivity contribution in [2.75, 3.05) is 44.2 Å². The fraction of sp³-hybridized carbons (Fsp3) is 0.545. The number of hydrogen-bond donors (Lipinski definition) is 1. The van der Waals surface area contributed by atoms with Crippen LogP contribution in [0.3, 0.4) is 0 Å². The van der Waals surface area contributed by atoms with Gasteiger partial charge in [-0.1, -0.05) is 34.1 Å². The summed E-state index contributed by atoms with van der Waals surface area (Å²) < 4.78 is 7.35. The second kappa shape index (κ2) is 11.7. The van der Waals surface area contributed by atoms with Crippen LogP contribution in [0.5, 0.6) is 5.75 Å². The Bertz CT molecular complexity index is 1370. The normalized spacial score (nSPS) is 21.5. The molecule has 2 aromatic rings. The molecule has 0 radical (unpaired) electrons. The molecular formula is C33H41BrN4O5. The highest BCUT2D eigenvalue weighted by Crippen LogP contribution is 2.40. The maximum atomic E-state index is 13.8. The molecule has 0 bridgehead atoms. The lowest BCUT2D eigenvalue weighted by Crippen LogP contribution is -2.60. The van der Waals surface area contributed by atoms with Crippen LogP contribution in [0.15, 0.2) is 53.0 Å². The van der Waals surface area contributed by atoms with E-state index < -0.39 is 11.7 Å². The number of nitrogens with zero attached hydrogens (tertiary/aromatic N) is 4. The summed E-state index contributed by atoms with van der Waals surface area (Å²) >= 11 is 3.50. The summed E-state index contributed by atoms with van der Waals surface area (Å²) in [6, 6.07) is 16.4. The SMILES string of the molecule is CC(C)(Oc1cccc(N2CCCC(C(=O)N(Cc3ccc(Br)cc3)C3CC3)C2)c1)C(=O)N1CCC2(CN(C(=O)O)C2)C1. The predicted octanol–water partition coefficient (Wildman–Crippen LogP) is 5.23. The van der Waals surface area contributed by atoms with Crippen LogP contribution >= 0.6 is 15.9 Å². The molecule has 43 heavy (non-hydrogen) atoms. The number of anilines is 1. The summed E-state index contributed by atoms with van der Waals surface area (Å²) in [5.41, 5.74) is 0.947. The lowest BCUT2D eigenvalue weighted by molar-refractivity contribution is -0.145. The molecule has 3 saturated heterocycles. The van der Waals surface area contributed by atoms with Crippen molar-refractivity contribution in [2.45, 2.75) is 64.1 Å². The monoisotopic (exact) mass is 652 g/mol. The first kappa shape index (κ1) is 29.8. The van der Waals surface area contributed by atoms with Crippen LogP contribution in [-0.2, 0) is 16.1 Å². The van der Waals surface area contributed by atoms with Gasteiger partial charge < -0.3 is 29.4 Å². The number of carbonyl (C=O) groups is 3. The zero-order chi connectivity index (χ0) is 30.4. The van der Waals surface area contributed by atoms with Gasteiger partial charge in [0.25, 0.3) is 5.91 Å². The van der Waals surface area contributed by atoms with Gasteiger partial charge in [-0.2, -0.15) is 0 Å². The van der Waals surface area contributed by atoms with Gasteiger partial charge in [0.1, 0.15) is 5.75 Å². The molecule has 1 N–H and O–H groups in total. The number of likely N-dealkylation sites (tertiary alicyclic amines) is 2. The molecule has 6 rings (SSSR count). The number of halogens is 1. The molecule has 3 aliphatic heterocycles. The van der Waals surface area contributed by atoms with Gasteiger partial charge in [0, 0.05) is 73.5 Å². The molecule has 1 saturated carbocycles. The van der Waals surface area contributed by atoms with Crippen molar-refractivity contribution < 1.29 is 24.2 Å². The summed E-state index contributed by atoms with van der Waals surface area (Å²) in [5.74, 6) is 0.723. The molecule has 9 nitrogen and oxygen atoms in total. The predicted molar refractivity (Wildman–Crippen MR) is 167 cm³/mol. The van der Waals surface area contributed by atoms with Crippen molar-refractivity contribution in [2.24, 2.45) is 11.3 Å². The minimum absolute atomic E-state index is 0.0570. The Balaban J connectivity index is 1.08. The highest BCUT2D eigenvalue weighted by Gasteiger charge is 2.52. The highest BCUT2D eigenvalue weighted by atomic mass is 79.9. The Morgan fingerprint density at radius 1 is 1.02 bits per heavy atom. The number of carbonyl (C=O) groups excluding carboxylic acids is 2. The van der Waals surface area contributed by atoms with E-state index in [2.05, 4.69) is 37.9 Å². The van der Waals surface area contributed by atoms with Gasteiger partial charge in [0.05, 0.1) is 5.92 Å². The van der Waals surface area contributed by atoms with Gasteiger partial charge in [-0.25, -0.2) is 4.79 Å². The topological polar surface area (TPSA) is 93.6 Å². The average molecular weight is 654 g/mol. The number of piperidine rings is 1. The van der Waals surface area contributed by atoms with Crippen molar-refractivity contribution in [3.8, 4) is 5.75 Å². The molecule has 4 aliphatic rings. The van der Waals surface area contributed by atoms with E-state index >= 15 is 0 Å². The van der Waals surface area contributed by atoms with Crippen LogP contribution in [0.1, 0.15) is 51.5 Å². The Hall–Kier alpha value is -3.27. The summed E-state index contributed by atoms with van der Waals surface area (Å²) in [5, 5.41) is 9.22. The Morgan fingerprint density at radius 2 is 1.74 bits per heavy atom. The van der Waals surface area contributed by atoms with E-state index in [0.29, 0.717) is 51.1 Å². The van der Waals surface area contributed by atoms with Crippen molar-refractivity contribution in [3.63, 3.8) is 0 Å². The van der Waals surface area contributed by atoms with Crippen molar-refractivity contribution in [1.29, 1.82) is 0 Å². The Morgan fingerprint density at radius 3 is 2.44 bits per heavy atom. The molecule has 10 heteroatoms.